The normalized spacial score (nSPS) is 16.2. The van der Waals surface area contributed by atoms with Crippen LogP contribution in [0.15, 0.2) is 36.4 Å². The average molecular weight is 421 g/mol. The fourth-order valence-electron chi connectivity index (χ4n) is 4.50. The van der Waals surface area contributed by atoms with Crippen molar-refractivity contribution >= 4 is 17.5 Å². The molecule has 2 aliphatic rings. The van der Waals surface area contributed by atoms with Gasteiger partial charge >= 0.3 is 0 Å². The molecule has 0 bridgehead atoms. The minimum absolute atomic E-state index is 0.0139. The van der Waals surface area contributed by atoms with Crippen molar-refractivity contribution in [1.29, 1.82) is 0 Å². The fraction of sp³-hybridized carbons (Fsp3) is 0.400. The molecule has 2 aliphatic heterocycles. The summed E-state index contributed by atoms with van der Waals surface area (Å²) in [6.45, 7) is 5.63. The van der Waals surface area contributed by atoms with Gasteiger partial charge in [-0.15, -0.1) is 0 Å². The lowest BCUT2D eigenvalue weighted by atomic mass is 10.0. The molecule has 31 heavy (non-hydrogen) atoms. The van der Waals surface area contributed by atoms with Gasteiger partial charge in [-0.2, -0.15) is 0 Å². The van der Waals surface area contributed by atoms with Crippen molar-refractivity contribution < 1.29 is 19.1 Å². The molecule has 6 nitrogen and oxygen atoms in total. The highest BCUT2D eigenvalue weighted by Crippen LogP contribution is 2.34. The molecule has 162 valence electrons. The monoisotopic (exact) mass is 420 g/mol. The van der Waals surface area contributed by atoms with Crippen LogP contribution in [0.1, 0.15) is 59.3 Å². The Labute approximate surface area is 182 Å². The number of carbonyl (C=O) groups excluding carboxylic acids is 3. The molecule has 0 saturated carbocycles. The van der Waals surface area contributed by atoms with Gasteiger partial charge in [-0.05, 0) is 56.1 Å². The molecule has 1 atom stereocenters. The minimum atomic E-state index is -0.592. The Morgan fingerprint density at radius 3 is 2.58 bits per heavy atom. The van der Waals surface area contributed by atoms with Gasteiger partial charge in [-0.25, -0.2) is 0 Å². The molecule has 2 heterocycles. The maximum Gasteiger partial charge on any atom is 0.255 e. The number of Topliss-reactive ketones (excluding diaryl/α,β-unsaturated/α-hetero) is 2. The number of hydrogen-bond donors (Lipinski definition) is 0. The second kappa shape index (κ2) is 8.63. The number of carbonyl (C=O) groups is 3. The van der Waals surface area contributed by atoms with E-state index in [1.807, 2.05) is 12.1 Å². The third-order valence-corrected chi connectivity index (χ3v) is 6.11. The third kappa shape index (κ3) is 4.39. The summed E-state index contributed by atoms with van der Waals surface area (Å²) in [5, 5.41) is 0. The summed E-state index contributed by atoms with van der Waals surface area (Å²) in [6.07, 6.45) is 0.630. The van der Waals surface area contributed by atoms with E-state index in [-0.39, 0.29) is 23.9 Å². The first-order valence-corrected chi connectivity index (χ1v) is 10.7. The predicted molar refractivity (Wildman–Crippen MR) is 117 cm³/mol. The van der Waals surface area contributed by atoms with E-state index in [0.717, 1.165) is 24.2 Å². The van der Waals surface area contributed by atoms with Gasteiger partial charge in [0, 0.05) is 30.6 Å². The lowest BCUT2D eigenvalue weighted by Gasteiger charge is -2.25. The predicted octanol–water partition coefficient (Wildman–Crippen LogP) is 3.49. The number of hydrogen-bond acceptors (Lipinski definition) is 5. The molecule has 0 spiro atoms. The Bertz CT molecular complexity index is 1050. The Morgan fingerprint density at radius 2 is 1.84 bits per heavy atom. The maximum absolute atomic E-state index is 13.0. The number of fused-ring (bicyclic) bond motifs is 2. The smallest absolute Gasteiger partial charge is 0.255 e. The largest absolute Gasteiger partial charge is 0.489 e. The van der Waals surface area contributed by atoms with Gasteiger partial charge in [0.25, 0.3) is 5.91 Å². The van der Waals surface area contributed by atoms with Crippen LogP contribution in [0.5, 0.6) is 5.75 Å². The highest BCUT2D eigenvalue weighted by molar-refractivity contribution is 6.01. The van der Waals surface area contributed by atoms with Gasteiger partial charge < -0.3 is 14.4 Å². The molecule has 6 heteroatoms. The fourth-order valence-corrected chi connectivity index (χ4v) is 4.50. The molecule has 0 aromatic heterocycles. The van der Waals surface area contributed by atoms with E-state index < -0.39 is 6.04 Å². The molecular formula is C25H28N2O4. The molecule has 2 aromatic carbocycles. The summed E-state index contributed by atoms with van der Waals surface area (Å²) >= 11 is 0. The molecule has 0 fully saturated rings. The highest BCUT2D eigenvalue weighted by atomic mass is 16.5. The first-order chi connectivity index (χ1) is 14.8. The standard InChI is InChI=1S/C25H28N2O4/c1-16(28)7-10-23(17(2)29)27-14-22-21(25(27)30)5-4-6-24(22)31-15-18-8-9-19-12-26(3)13-20(19)11-18/h4-6,8-9,11,23H,7,10,12-15H2,1-3H3. The first-order valence-electron chi connectivity index (χ1n) is 10.7. The van der Waals surface area contributed by atoms with Crippen molar-refractivity contribution in [1.82, 2.24) is 9.80 Å². The average Bonchev–Trinajstić information content (AvgIpc) is 3.25. The van der Waals surface area contributed by atoms with Crippen LogP contribution in [0.25, 0.3) is 0 Å². The molecule has 4 rings (SSSR count). The second-order valence-corrected chi connectivity index (χ2v) is 8.65. The third-order valence-electron chi connectivity index (χ3n) is 6.11. The second-order valence-electron chi connectivity index (χ2n) is 8.65. The summed E-state index contributed by atoms with van der Waals surface area (Å²) in [5.74, 6) is 0.401. The zero-order valence-electron chi connectivity index (χ0n) is 18.3. The van der Waals surface area contributed by atoms with Crippen LogP contribution in [0, 0.1) is 0 Å². The topological polar surface area (TPSA) is 66.9 Å². The van der Waals surface area contributed by atoms with E-state index >= 15 is 0 Å². The van der Waals surface area contributed by atoms with Crippen LogP contribution in [-0.4, -0.2) is 40.4 Å². The number of ether oxygens (including phenoxy) is 1. The molecule has 2 aromatic rings. The van der Waals surface area contributed by atoms with Crippen LogP contribution < -0.4 is 4.74 Å². The molecule has 1 unspecified atom stereocenters. The van der Waals surface area contributed by atoms with Crippen molar-refractivity contribution in [2.45, 2.75) is 59.0 Å². The summed E-state index contributed by atoms with van der Waals surface area (Å²) in [5.41, 5.74) is 5.16. The van der Waals surface area contributed by atoms with Gasteiger partial charge in [0.15, 0.2) is 5.78 Å². The Hall–Kier alpha value is -2.99. The van der Waals surface area contributed by atoms with Crippen molar-refractivity contribution in [3.63, 3.8) is 0 Å². The van der Waals surface area contributed by atoms with E-state index in [4.69, 9.17) is 4.74 Å². The van der Waals surface area contributed by atoms with Crippen molar-refractivity contribution in [3.8, 4) is 5.75 Å². The zero-order valence-corrected chi connectivity index (χ0v) is 18.3. The van der Waals surface area contributed by atoms with E-state index in [1.165, 1.54) is 25.0 Å². The lowest BCUT2D eigenvalue weighted by molar-refractivity contribution is -0.122. The van der Waals surface area contributed by atoms with Crippen LogP contribution in [0.4, 0.5) is 0 Å². The molecule has 0 radical (unpaired) electrons. The maximum atomic E-state index is 13.0. The van der Waals surface area contributed by atoms with Gasteiger partial charge in [-0.3, -0.25) is 14.5 Å². The minimum Gasteiger partial charge on any atom is -0.489 e. The van der Waals surface area contributed by atoms with Crippen molar-refractivity contribution in [2.75, 3.05) is 7.05 Å². The molecule has 0 aliphatic carbocycles. The van der Waals surface area contributed by atoms with Gasteiger partial charge in [-0.1, -0.05) is 24.3 Å². The number of ketones is 2. The molecule has 0 N–H and O–H groups in total. The Morgan fingerprint density at radius 1 is 1.06 bits per heavy atom. The van der Waals surface area contributed by atoms with Crippen molar-refractivity contribution in [3.05, 3.63) is 64.2 Å². The summed E-state index contributed by atoms with van der Waals surface area (Å²) in [6, 6.07) is 11.3. The van der Waals surface area contributed by atoms with E-state index in [9.17, 15) is 14.4 Å². The highest BCUT2D eigenvalue weighted by Gasteiger charge is 2.36. The van der Waals surface area contributed by atoms with E-state index in [2.05, 4.69) is 30.1 Å². The van der Waals surface area contributed by atoms with Gasteiger partial charge in [0.05, 0.1) is 12.6 Å². The van der Waals surface area contributed by atoms with Gasteiger partial charge in [0.2, 0.25) is 0 Å². The molecule has 1 amide bonds. The summed E-state index contributed by atoms with van der Waals surface area (Å²) in [4.78, 5) is 40.5. The van der Waals surface area contributed by atoms with Crippen LogP contribution >= 0.6 is 0 Å². The lowest BCUT2D eigenvalue weighted by Crippen LogP contribution is -2.40. The summed E-state index contributed by atoms with van der Waals surface area (Å²) in [7, 11) is 2.11. The number of amides is 1. The Balaban J connectivity index is 1.50. The number of rotatable bonds is 8. The van der Waals surface area contributed by atoms with Gasteiger partial charge in [0.1, 0.15) is 18.1 Å². The first kappa shape index (κ1) is 21.2. The zero-order chi connectivity index (χ0) is 22.1. The molecular weight excluding hydrogens is 392 g/mol. The van der Waals surface area contributed by atoms with Crippen LogP contribution in [0.3, 0.4) is 0 Å². The van der Waals surface area contributed by atoms with Crippen LogP contribution in [-0.2, 0) is 35.8 Å². The van der Waals surface area contributed by atoms with Crippen LogP contribution in [0.2, 0.25) is 0 Å². The summed E-state index contributed by atoms with van der Waals surface area (Å²) < 4.78 is 6.13. The quantitative estimate of drug-likeness (QED) is 0.654. The SMILES string of the molecule is CC(=O)CCC(C(C)=O)N1Cc2c(OCc3ccc4c(c3)CN(C)C4)cccc2C1=O. The van der Waals surface area contributed by atoms with E-state index in [1.54, 1.807) is 11.0 Å². The van der Waals surface area contributed by atoms with E-state index in [0.29, 0.717) is 30.9 Å². The van der Waals surface area contributed by atoms with Crippen molar-refractivity contribution in [2.24, 2.45) is 0 Å². The number of nitrogens with zero attached hydrogens (tertiary/aromatic N) is 2. The molecule has 0 saturated heterocycles. The Kier molecular flexibility index (Phi) is 5.92. The number of benzene rings is 2.